The van der Waals surface area contributed by atoms with E-state index in [9.17, 15) is 28.8 Å². The number of nitrogens with one attached hydrogen (secondary N) is 3. The van der Waals surface area contributed by atoms with Crippen molar-refractivity contribution in [3.8, 4) is 34.5 Å². The Morgan fingerprint density at radius 2 is 0.696 bits per heavy atom. The molecule has 9 aromatic rings. The molecule has 3 aliphatic heterocycles. The van der Waals surface area contributed by atoms with E-state index in [4.69, 9.17) is 49.0 Å². The van der Waals surface area contributed by atoms with Gasteiger partial charge < -0.3 is 44.9 Å². The molecule has 6 amide bonds. The summed E-state index contributed by atoms with van der Waals surface area (Å²) in [5, 5.41) is 16.3. The number of alkyl halides is 3. The van der Waals surface area contributed by atoms with Gasteiger partial charge in [-0.3, -0.25) is 43.5 Å². The molecule has 112 heavy (non-hydrogen) atoms. The van der Waals surface area contributed by atoms with Gasteiger partial charge in [0.25, 0.3) is 17.7 Å². The second-order valence-electron chi connectivity index (χ2n) is 28.3. The Balaban J connectivity index is 0.000000230. The van der Waals surface area contributed by atoms with Gasteiger partial charge in [-0.1, -0.05) is 114 Å². The van der Waals surface area contributed by atoms with E-state index in [1.54, 1.807) is 14.7 Å². The Morgan fingerprint density at radius 3 is 0.955 bits per heavy atom. The predicted molar refractivity (Wildman–Crippen MR) is 465 cm³/mol. The number of para-hydroxylation sites is 3. The van der Waals surface area contributed by atoms with Crippen molar-refractivity contribution >= 4 is 159 Å². The molecular formula is C85H101Cl6N9O9S3. The van der Waals surface area contributed by atoms with Crippen LogP contribution in [0.2, 0.25) is 0 Å². The molecule has 3 fully saturated rings. The maximum atomic E-state index is 14.1. The van der Waals surface area contributed by atoms with Gasteiger partial charge in [-0.05, 0) is 187 Å². The average Bonchev–Trinajstić information content (AvgIpc) is 0.989. The van der Waals surface area contributed by atoms with E-state index < -0.39 is 18.1 Å². The summed E-state index contributed by atoms with van der Waals surface area (Å²) in [6, 6.07) is 54.9. The maximum Gasteiger partial charge on any atom is 0.251 e. The van der Waals surface area contributed by atoms with Gasteiger partial charge in [0.15, 0.2) is 0 Å². The van der Waals surface area contributed by atoms with Crippen LogP contribution in [0.5, 0.6) is 34.5 Å². The zero-order valence-corrected chi connectivity index (χ0v) is 71.5. The van der Waals surface area contributed by atoms with Crippen LogP contribution in [0.15, 0.2) is 198 Å². The number of amides is 6. The van der Waals surface area contributed by atoms with Crippen molar-refractivity contribution in [1.82, 2.24) is 30.7 Å². The van der Waals surface area contributed by atoms with E-state index in [1.807, 2.05) is 234 Å². The van der Waals surface area contributed by atoms with Gasteiger partial charge in [0, 0.05) is 109 Å². The molecule has 0 unspecified atom stereocenters. The highest BCUT2D eigenvalue weighted by Gasteiger charge is 2.42. The number of halogens is 6. The van der Waals surface area contributed by atoms with Crippen molar-refractivity contribution in [3.05, 3.63) is 229 Å². The molecule has 0 bridgehead atoms. The molecule has 3 saturated heterocycles. The summed E-state index contributed by atoms with van der Waals surface area (Å²) in [5.41, 5.74) is 4.38. The molecule has 3 N–H and O–H groups in total. The fourth-order valence-corrected chi connectivity index (χ4v) is 16.6. The summed E-state index contributed by atoms with van der Waals surface area (Å²) in [6.07, 6.45) is 0.986. The molecule has 0 spiro atoms. The first-order valence-corrected chi connectivity index (χ1v) is 41.2. The third kappa shape index (κ3) is 24.2. The van der Waals surface area contributed by atoms with Gasteiger partial charge in [-0.15, -0.1) is 106 Å². The monoisotopic (exact) mass is 1700 g/mol. The SMILES string of the molecule is Cc1cc(Oc2ccccc2)ccc1N(C(=O)CCl)[C@@H](C(=O)N1CCN[C@@H](C(C)C)C1)c1cccs1.Cc1cc(Oc2ccccc2)ccc1N(C(=O)CCl)[C@@H](C(=O)N1CCN[C@@H](CC(C)C)C1)c1cccs1.Cc1cc(Oc2ccccc2)ccc1N(C(=O)CCl)[C@H](C(=O)N1CCN[C@@H](C(C)C)C1)c1cccs1.Cl.Cl.Cl. The second kappa shape index (κ2) is 44.8. The summed E-state index contributed by atoms with van der Waals surface area (Å²) in [6.45, 7) is 24.5. The lowest BCUT2D eigenvalue weighted by Crippen LogP contribution is -2.57. The number of thiophene rings is 3. The van der Waals surface area contributed by atoms with Gasteiger partial charge in [-0.25, -0.2) is 0 Å². The number of ether oxygens (including phenoxy) is 3. The minimum atomic E-state index is -0.790. The van der Waals surface area contributed by atoms with Gasteiger partial charge in [-0.2, -0.15) is 0 Å². The third-order valence-electron chi connectivity index (χ3n) is 19.3. The van der Waals surface area contributed by atoms with Crippen LogP contribution in [-0.4, -0.2) is 145 Å². The minimum Gasteiger partial charge on any atom is -0.457 e. The molecule has 6 atom stereocenters. The number of rotatable bonds is 25. The molecule has 3 aliphatic rings. The average molecular weight is 1700 g/mol. The van der Waals surface area contributed by atoms with E-state index in [-0.39, 0.29) is 108 Å². The summed E-state index contributed by atoms with van der Waals surface area (Å²) in [5.74, 6) is 3.53. The van der Waals surface area contributed by atoms with Crippen LogP contribution in [0.25, 0.3) is 0 Å². The number of anilines is 3. The van der Waals surface area contributed by atoms with Crippen LogP contribution < -0.4 is 44.9 Å². The molecule has 0 saturated carbocycles. The highest BCUT2D eigenvalue weighted by Crippen LogP contribution is 2.41. The van der Waals surface area contributed by atoms with Crippen molar-refractivity contribution in [2.75, 3.05) is 91.2 Å². The largest absolute Gasteiger partial charge is 0.457 e. The Morgan fingerprint density at radius 1 is 0.402 bits per heavy atom. The summed E-state index contributed by atoms with van der Waals surface area (Å²) in [7, 11) is 0. The summed E-state index contributed by atoms with van der Waals surface area (Å²) in [4.78, 5) is 95.0. The van der Waals surface area contributed by atoms with Crippen LogP contribution in [0, 0.1) is 38.5 Å². The predicted octanol–water partition coefficient (Wildman–Crippen LogP) is 18.5. The number of piperazine rings is 3. The van der Waals surface area contributed by atoms with Crippen LogP contribution in [0.4, 0.5) is 17.1 Å². The number of carbonyl (C=O) groups is 6. The summed E-state index contributed by atoms with van der Waals surface area (Å²) < 4.78 is 18.0. The number of hydrogen-bond acceptors (Lipinski definition) is 15. The lowest BCUT2D eigenvalue weighted by Gasteiger charge is -2.40. The summed E-state index contributed by atoms with van der Waals surface area (Å²) >= 11 is 22.7. The number of carbonyl (C=O) groups excluding carboxylic acids is 6. The maximum absolute atomic E-state index is 14.1. The van der Waals surface area contributed by atoms with E-state index in [0.717, 1.165) is 74.6 Å². The highest BCUT2D eigenvalue weighted by molar-refractivity contribution is 7.10. The smallest absolute Gasteiger partial charge is 0.251 e. The van der Waals surface area contributed by atoms with Crippen molar-refractivity contribution in [2.45, 2.75) is 105 Å². The quantitative estimate of drug-likeness (QED) is 0.0461. The standard InChI is InChI=1S/C29H34ClN3O3S.2C28H32ClN3O3S.3ClH/c1-20(2)16-22-19-32(14-13-31-22)29(35)28(26-10-7-15-37-26)33(27(34)18-30)25-12-11-24(17-21(25)3)36-23-8-5-4-6-9-23;2*1-19(2)23-18-31(14-13-30-23)28(34)27(25-10-7-15-36-25)32(26(33)17-29)24-12-11-22(16-20(24)3)35-21-8-5-4-6-9-21;;;/h4-12,15,17,20,22,28,31H,13-14,16,18-19H2,1-3H3;2*4-12,15-16,19,23,27,30H,13-14,17-18H2,1-3H3;3*1H/t22-,28+;23-,27+;23-,27-;;;/m011.../s1. The normalized spacial score (nSPS) is 16.1. The molecule has 18 nitrogen and oxygen atoms in total. The van der Waals surface area contributed by atoms with Crippen molar-refractivity contribution in [1.29, 1.82) is 0 Å². The molecule has 3 aromatic heterocycles. The molecular weight excluding hydrogens is 1600 g/mol. The van der Waals surface area contributed by atoms with E-state index in [2.05, 4.69) is 57.5 Å². The first-order chi connectivity index (χ1) is 52.6. The lowest BCUT2D eigenvalue weighted by molar-refractivity contribution is -0.136. The number of nitrogens with zero attached hydrogens (tertiary/aromatic N) is 6. The molecule has 6 aromatic carbocycles. The van der Waals surface area contributed by atoms with E-state index in [0.29, 0.717) is 91.3 Å². The Bertz CT molecular complexity index is 4240. The Labute approximate surface area is 704 Å². The van der Waals surface area contributed by atoms with Gasteiger partial charge in [0.2, 0.25) is 17.7 Å². The third-order valence-corrected chi connectivity index (χ3v) is 22.7. The Hall–Kier alpha value is -7.74. The fourth-order valence-electron chi connectivity index (χ4n) is 13.7. The number of aryl methyl sites for hydroxylation is 3. The van der Waals surface area contributed by atoms with Crippen LogP contribution in [0.3, 0.4) is 0 Å². The number of benzene rings is 6. The lowest BCUT2D eigenvalue weighted by atomic mass is 10.0. The topological polar surface area (TPSA) is 186 Å². The highest BCUT2D eigenvalue weighted by atomic mass is 35.5. The van der Waals surface area contributed by atoms with Gasteiger partial charge in [0.05, 0.1) is 0 Å². The van der Waals surface area contributed by atoms with Gasteiger partial charge >= 0.3 is 0 Å². The first kappa shape index (κ1) is 91.4. The van der Waals surface area contributed by atoms with Crippen molar-refractivity contribution in [2.24, 2.45) is 17.8 Å². The molecule has 0 radical (unpaired) electrons. The zero-order valence-electron chi connectivity index (χ0n) is 64.4. The molecule has 6 heterocycles. The van der Waals surface area contributed by atoms with Gasteiger partial charge in [0.1, 0.15) is 70.3 Å². The van der Waals surface area contributed by atoms with Crippen LogP contribution >= 0.6 is 106 Å². The number of hydrogen-bond donors (Lipinski definition) is 3. The minimum absolute atomic E-state index is 0. The molecule has 0 aliphatic carbocycles. The first-order valence-electron chi connectivity index (χ1n) is 37.0. The zero-order chi connectivity index (χ0) is 77.7. The van der Waals surface area contributed by atoms with Crippen molar-refractivity contribution < 1.29 is 43.0 Å². The van der Waals surface area contributed by atoms with Crippen LogP contribution in [0.1, 0.15) is 97.4 Å². The van der Waals surface area contributed by atoms with Crippen molar-refractivity contribution in [3.63, 3.8) is 0 Å². The molecule has 12 rings (SSSR count). The van der Waals surface area contributed by atoms with Crippen LogP contribution in [-0.2, 0) is 28.8 Å². The Kier molecular flexibility index (Phi) is 36.6. The van der Waals surface area contributed by atoms with E-state index in [1.165, 1.54) is 34.0 Å². The molecule has 600 valence electrons. The second-order valence-corrected chi connectivity index (χ2v) is 32.0. The molecule has 27 heteroatoms. The fraction of sp³-hybridized carbons (Fsp3) is 0.365. The van der Waals surface area contributed by atoms with E-state index >= 15 is 0 Å².